The molecule has 0 atom stereocenters. The van der Waals surface area contributed by atoms with Crippen molar-refractivity contribution in [2.45, 2.75) is 221 Å². The van der Waals surface area contributed by atoms with E-state index in [1.165, 1.54) is 173 Å². The molecular weight excluding hydrogens is 533 g/mol. The average Bonchev–Trinajstić information content (AvgIpc) is 2.99. The van der Waals surface area contributed by atoms with Crippen LogP contribution in [0, 0.1) is 5.41 Å². The Bertz CT molecular complexity index is 480. The van der Waals surface area contributed by atoms with Gasteiger partial charge in [-0.15, -0.1) is 0 Å². The molecule has 0 saturated heterocycles. The van der Waals surface area contributed by atoms with Crippen LogP contribution in [0.15, 0.2) is 0 Å². The molecule has 0 rings (SSSR count). The zero-order valence-electron chi connectivity index (χ0n) is 30.1. The zero-order chi connectivity index (χ0) is 31.0. The topological polar surface area (TPSA) is 27.7 Å². The van der Waals surface area contributed by atoms with Crippen LogP contribution in [-0.2, 0) is 13.3 Å². The van der Waals surface area contributed by atoms with Gasteiger partial charge in [-0.25, -0.2) is 0 Å². The first kappa shape index (κ1) is 42.1. The lowest BCUT2D eigenvalue weighted by Crippen LogP contribution is -2.48. The first-order chi connectivity index (χ1) is 20.6. The lowest BCUT2D eigenvalue weighted by molar-refractivity contribution is 0.0152. The Labute approximate surface area is 267 Å². The quantitative estimate of drug-likeness (QED) is 0.0526. The molecule has 0 spiro atoms. The first-order valence-corrected chi connectivity index (χ1v) is 21.4. The van der Waals surface area contributed by atoms with Crippen molar-refractivity contribution < 1.29 is 13.3 Å². The summed E-state index contributed by atoms with van der Waals surface area (Å²) in [5.41, 5.74) is 0.286. The third-order valence-electron chi connectivity index (χ3n) is 9.35. The van der Waals surface area contributed by atoms with E-state index >= 15 is 0 Å². The first-order valence-electron chi connectivity index (χ1n) is 19.5. The van der Waals surface area contributed by atoms with Gasteiger partial charge < -0.3 is 13.3 Å². The van der Waals surface area contributed by atoms with Crippen LogP contribution >= 0.6 is 0 Å². The fourth-order valence-corrected chi connectivity index (χ4v) is 9.37. The van der Waals surface area contributed by atoms with Gasteiger partial charge in [-0.1, -0.05) is 175 Å². The Morgan fingerprint density at radius 2 is 0.667 bits per heavy atom. The second-order valence-electron chi connectivity index (χ2n) is 13.4. The highest BCUT2D eigenvalue weighted by Gasteiger charge is 2.43. The van der Waals surface area contributed by atoms with Crippen LogP contribution < -0.4 is 0 Å². The Balaban J connectivity index is 5.60. The van der Waals surface area contributed by atoms with E-state index in [1.807, 2.05) is 0 Å². The molecule has 0 radical (unpaired) electrons. The molecule has 0 bridgehead atoms. The van der Waals surface area contributed by atoms with Crippen molar-refractivity contribution in [3.63, 3.8) is 0 Å². The summed E-state index contributed by atoms with van der Waals surface area (Å²) in [7, 11) is -2.67. The highest BCUT2D eigenvalue weighted by molar-refractivity contribution is 6.60. The second kappa shape index (κ2) is 31.1. The molecule has 0 heterocycles. The van der Waals surface area contributed by atoms with Gasteiger partial charge in [0.25, 0.3) is 0 Å². The van der Waals surface area contributed by atoms with Gasteiger partial charge in [-0.05, 0) is 44.9 Å². The predicted octanol–water partition coefficient (Wildman–Crippen LogP) is 13.6. The van der Waals surface area contributed by atoms with Crippen LogP contribution in [0.5, 0.6) is 0 Å². The maximum Gasteiger partial charge on any atom is 0.500 e. The third-order valence-corrected chi connectivity index (χ3v) is 12.4. The van der Waals surface area contributed by atoms with Crippen molar-refractivity contribution in [2.75, 3.05) is 19.8 Å². The maximum atomic E-state index is 7.09. The lowest BCUT2D eigenvalue weighted by Gasteiger charge is -2.38. The highest BCUT2D eigenvalue weighted by atomic mass is 28.4. The summed E-state index contributed by atoms with van der Waals surface area (Å²) >= 11 is 0. The Hall–Kier alpha value is 0.0969. The van der Waals surface area contributed by atoms with Crippen molar-refractivity contribution in [2.24, 2.45) is 5.41 Å². The molecular formula is C38H80O3Si. The van der Waals surface area contributed by atoms with Crippen molar-refractivity contribution in [3.8, 4) is 0 Å². The third kappa shape index (κ3) is 23.5. The molecule has 0 aliphatic carbocycles. The van der Waals surface area contributed by atoms with E-state index in [2.05, 4.69) is 41.5 Å². The van der Waals surface area contributed by atoms with Gasteiger partial charge in [-0.2, -0.15) is 0 Å². The molecule has 42 heavy (non-hydrogen) atoms. The minimum atomic E-state index is -2.67. The predicted molar refractivity (Wildman–Crippen MR) is 190 cm³/mol. The largest absolute Gasteiger partial charge is 0.500 e. The SMILES string of the molecule is CCCCCCCCC(CCCCCCCC)(CCCCCCCC)CO[Si](CCCCCCCC)(OCC)OCC. The summed E-state index contributed by atoms with van der Waals surface area (Å²) in [5, 5.41) is 0. The molecule has 0 aliphatic rings. The van der Waals surface area contributed by atoms with Gasteiger partial charge in [0.1, 0.15) is 0 Å². The van der Waals surface area contributed by atoms with Crippen molar-refractivity contribution in [1.29, 1.82) is 0 Å². The standard InChI is InChI=1S/C38H80O3Si/c1-7-13-17-21-25-29-33-38(34-30-26-22-18-14-8-2,35-31-27-23-19-15-9-3)37-41-42(39-11-5,40-12-6)36-32-28-24-20-16-10-4/h7-37H2,1-6H3. The summed E-state index contributed by atoms with van der Waals surface area (Å²) < 4.78 is 20.1. The normalized spacial score (nSPS) is 12.4. The highest BCUT2D eigenvalue weighted by Crippen LogP contribution is 2.39. The fourth-order valence-electron chi connectivity index (χ4n) is 6.60. The molecule has 0 aromatic carbocycles. The van der Waals surface area contributed by atoms with Crippen LogP contribution in [0.2, 0.25) is 6.04 Å². The molecule has 0 aromatic rings. The molecule has 254 valence electrons. The van der Waals surface area contributed by atoms with E-state index in [9.17, 15) is 0 Å². The lowest BCUT2D eigenvalue weighted by atomic mass is 9.74. The fraction of sp³-hybridized carbons (Fsp3) is 1.00. The molecule has 3 nitrogen and oxygen atoms in total. The van der Waals surface area contributed by atoms with Crippen LogP contribution in [0.25, 0.3) is 0 Å². The molecule has 0 aromatic heterocycles. The van der Waals surface area contributed by atoms with Gasteiger partial charge in [0, 0.05) is 25.9 Å². The summed E-state index contributed by atoms with van der Waals surface area (Å²) in [6, 6.07) is 0.988. The number of unbranched alkanes of at least 4 members (excludes halogenated alkanes) is 20. The Kier molecular flexibility index (Phi) is 31.2. The Morgan fingerprint density at radius 3 is 1.00 bits per heavy atom. The summed E-state index contributed by atoms with van der Waals surface area (Å²) in [5.74, 6) is 0. The minimum absolute atomic E-state index is 0.286. The van der Waals surface area contributed by atoms with Crippen molar-refractivity contribution in [3.05, 3.63) is 0 Å². The average molecular weight is 613 g/mol. The molecule has 4 heteroatoms. The summed E-state index contributed by atoms with van der Waals surface area (Å²) in [4.78, 5) is 0. The molecule has 0 aliphatic heterocycles. The van der Waals surface area contributed by atoms with Gasteiger partial charge in [0.15, 0.2) is 0 Å². The van der Waals surface area contributed by atoms with Crippen LogP contribution in [0.1, 0.15) is 215 Å². The molecule has 0 N–H and O–H groups in total. The monoisotopic (exact) mass is 613 g/mol. The van der Waals surface area contributed by atoms with Crippen LogP contribution in [0.4, 0.5) is 0 Å². The van der Waals surface area contributed by atoms with E-state index in [1.54, 1.807) is 0 Å². The van der Waals surface area contributed by atoms with E-state index in [4.69, 9.17) is 13.3 Å². The maximum absolute atomic E-state index is 7.09. The molecule has 0 saturated carbocycles. The smallest absolute Gasteiger partial charge is 0.374 e. The second-order valence-corrected chi connectivity index (χ2v) is 16.1. The van der Waals surface area contributed by atoms with Gasteiger partial charge in [0.05, 0.1) is 0 Å². The number of hydrogen-bond acceptors (Lipinski definition) is 3. The molecule has 0 unspecified atom stereocenters. The van der Waals surface area contributed by atoms with Crippen molar-refractivity contribution >= 4 is 8.80 Å². The van der Waals surface area contributed by atoms with Crippen LogP contribution in [0.3, 0.4) is 0 Å². The minimum Gasteiger partial charge on any atom is -0.374 e. The van der Waals surface area contributed by atoms with E-state index < -0.39 is 8.80 Å². The van der Waals surface area contributed by atoms with E-state index in [0.717, 1.165) is 12.7 Å². The van der Waals surface area contributed by atoms with E-state index in [0.29, 0.717) is 13.2 Å². The number of hydrogen-bond donors (Lipinski definition) is 0. The number of rotatable bonds is 35. The van der Waals surface area contributed by atoms with Crippen LogP contribution in [-0.4, -0.2) is 28.6 Å². The van der Waals surface area contributed by atoms with Gasteiger partial charge in [-0.3, -0.25) is 0 Å². The Morgan fingerprint density at radius 1 is 0.357 bits per heavy atom. The van der Waals surface area contributed by atoms with Gasteiger partial charge in [0.2, 0.25) is 0 Å². The molecule has 0 fully saturated rings. The zero-order valence-corrected chi connectivity index (χ0v) is 31.1. The summed E-state index contributed by atoms with van der Waals surface area (Å²) in [6.45, 7) is 15.8. The van der Waals surface area contributed by atoms with Crippen molar-refractivity contribution in [1.82, 2.24) is 0 Å². The van der Waals surface area contributed by atoms with E-state index in [-0.39, 0.29) is 5.41 Å². The summed E-state index contributed by atoms with van der Waals surface area (Å²) in [6.07, 6.45) is 36.5. The molecule has 0 amide bonds. The van der Waals surface area contributed by atoms with Gasteiger partial charge >= 0.3 is 8.80 Å².